The second kappa shape index (κ2) is 10.9. The Morgan fingerprint density at radius 3 is 2.63 bits per heavy atom. The van der Waals surface area contributed by atoms with Gasteiger partial charge < -0.3 is 29.2 Å². The molecule has 3 aliphatic rings. The highest BCUT2D eigenvalue weighted by Crippen LogP contribution is 2.49. The van der Waals surface area contributed by atoms with Gasteiger partial charge in [-0.1, -0.05) is 42.3 Å². The molecule has 1 aromatic rings. The molecule has 0 aromatic heterocycles. The molecule has 6 atom stereocenters. The SMILES string of the molecule is COc1cc2cc(c1Cl)N(C)C(=O)CC(OC)[C@]1(C)O[C@H]1[C@H](C)C1C[C@](C)(C/C=C/C=C(\C)C2)NC(=O)O1. The Kier molecular flexibility index (Phi) is 8.17. The number of ether oxygens (including phenoxy) is 4. The van der Waals surface area contributed by atoms with E-state index in [9.17, 15) is 9.59 Å². The maximum absolute atomic E-state index is 13.5. The number of nitrogens with zero attached hydrogens (tertiary/aromatic N) is 1. The first-order chi connectivity index (χ1) is 17.9. The molecule has 2 saturated heterocycles. The zero-order valence-electron chi connectivity index (χ0n) is 23.3. The predicted octanol–water partition coefficient (Wildman–Crippen LogP) is 5.22. The highest BCUT2D eigenvalue weighted by molar-refractivity contribution is 6.35. The molecule has 4 bridgehead atoms. The molecule has 4 rings (SSSR count). The number of allylic oxidation sites excluding steroid dienone is 3. The molecule has 2 fully saturated rings. The summed E-state index contributed by atoms with van der Waals surface area (Å²) in [7, 11) is 4.86. The molecular formula is C29H39ClN2O6. The fourth-order valence-electron chi connectivity index (χ4n) is 5.73. The summed E-state index contributed by atoms with van der Waals surface area (Å²) in [6.45, 7) is 8.07. The summed E-state index contributed by atoms with van der Waals surface area (Å²) < 4.78 is 23.2. The van der Waals surface area contributed by atoms with E-state index in [1.807, 2.05) is 45.9 Å². The summed E-state index contributed by atoms with van der Waals surface area (Å²) in [5, 5.41) is 3.38. The molecule has 2 unspecified atom stereocenters. The van der Waals surface area contributed by atoms with Gasteiger partial charge in [-0.3, -0.25) is 4.79 Å². The van der Waals surface area contributed by atoms with Crippen LogP contribution in [0.1, 0.15) is 52.5 Å². The minimum Gasteiger partial charge on any atom is -0.495 e. The van der Waals surface area contributed by atoms with E-state index < -0.39 is 23.3 Å². The summed E-state index contributed by atoms with van der Waals surface area (Å²) >= 11 is 6.65. The lowest BCUT2D eigenvalue weighted by Gasteiger charge is -2.40. The number of halogens is 1. The maximum Gasteiger partial charge on any atom is 0.407 e. The van der Waals surface area contributed by atoms with E-state index in [2.05, 4.69) is 17.5 Å². The second-order valence-corrected chi connectivity index (χ2v) is 11.6. The molecule has 38 heavy (non-hydrogen) atoms. The molecule has 3 aliphatic heterocycles. The highest BCUT2D eigenvalue weighted by atomic mass is 35.5. The van der Waals surface area contributed by atoms with Gasteiger partial charge in [0.2, 0.25) is 5.91 Å². The molecule has 1 N–H and O–H groups in total. The van der Waals surface area contributed by atoms with E-state index in [0.29, 0.717) is 35.7 Å². The summed E-state index contributed by atoms with van der Waals surface area (Å²) in [6, 6.07) is 3.83. The molecule has 0 radical (unpaired) electrons. The highest BCUT2D eigenvalue weighted by Gasteiger charge is 2.62. The number of anilines is 1. The molecule has 9 heteroatoms. The van der Waals surface area contributed by atoms with Crippen molar-refractivity contribution in [3.63, 3.8) is 0 Å². The van der Waals surface area contributed by atoms with Crippen molar-refractivity contribution in [2.24, 2.45) is 5.92 Å². The van der Waals surface area contributed by atoms with Gasteiger partial charge in [0.05, 0.1) is 31.4 Å². The number of nitrogens with one attached hydrogen (secondary N) is 1. The first kappa shape index (κ1) is 28.5. The van der Waals surface area contributed by atoms with Gasteiger partial charge in [0.25, 0.3) is 0 Å². The lowest BCUT2D eigenvalue weighted by Crippen LogP contribution is -2.56. The van der Waals surface area contributed by atoms with Crippen LogP contribution in [0.3, 0.4) is 0 Å². The minimum atomic E-state index is -0.689. The Morgan fingerprint density at radius 2 is 1.95 bits per heavy atom. The molecule has 208 valence electrons. The molecule has 1 aromatic carbocycles. The lowest BCUT2D eigenvalue weighted by molar-refractivity contribution is -0.121. The molecule has 0 saturated carbocycles. The Labute approximate surface area is 230 Å². The van der Waals surface area contributed by atoms with Gasteiger partial charge in [0, 0.05) is 32.0 Å². The van der Waals surface area contributed by atoms with Crippen LogP contribution in [-0.2, 0) is 25.4 Å². The third-order valence-electron chi connectivity index (χ3n) is 8.15. The van der Waals surface area contributed by atoms with Crippen LogP contribution in [0.15, 0.2) is 35.9 Å². The van der Waals surface area contributed by atoms with Gasteiger partial charge in [-0.05, 0) is 51.3 Å². The second-order valence-electron chi connectivity index (χ2n) is 11.2. The maximum atomic E-state index is 13.5. The van der Waals surface area contributed by atoms with Crippen molar-refractivity contribution >= 4 is 29.3 Å². The smallest absolute Gasteiger partial charge is 0.407 e. The van der Waals surface area contributed by atoms with Crippen molar-refractivity contribution in [2.75, 3.05) is 26.2 Å². The number of epoxide rings is 1. The van der Waals surface area contributed by atoms with Crippen LogP contribution in [0.2, 0.25) is 5.02 Å². The number of rotatable bonds is 2. The van der Waals surface area contributed by atoms with Crippen molar-refractivity contribution in [2.45, 2.75) is 82.8 Å². The van der Waals surface area contributed by atoms with Gasteiger partial charge in [-0.15, -0.1) is 0 Å². The van der Waals surface area contributed by atoms with Gasteiger partial charge in [-0.2, -0.15) is 0 Å². The molecule has 3 heterocycles. The molecule has 0 spiro atoms. The standard InChI is InChI=1S/C29H39ClN2O6/c1-17-10-8-9-11-28(3)16-22(37-27(34)31-28)18(2)26-29(4,38-26)23(36-7)15-24(33)32(5)20-13-19(12-17)14-21(35-6)25(20)30/h8-10,13-14,18,22-23,26H,11-12,15-16H2,1-7H3,(H,31,34)/b9-8+,17-10+/t18-,22?,23?,26+,28+,29+/m1/s1. The lowest BCUT2D eigenvalue weighted by atomic mass is 9.81. The number of fused-ring (bicyclic) bond motifs is 5. The summed E-state index contributed by atoms with van der Waals surface area (Å²) in [6.07, 6.45) is 6.75. The first-order valence-corrected chi connectivity index (χ1v) is 13.4. The summed E-state index contributed by atoms with van der Waals surface area (Å²) in [5.74, 6) is 0.271. The van der Waals surface area contributed by atoms with Gasteiger partial charge in [0.1, 0.15) is 22.5 Å². The normalized spacial score (nSPS) is 36.3. The summed E-state index contributed by atoms with van der Waals surface area (Å²) in [5.41, 5.74) is 1.54. The van der Waals surface area contributed by atoms with Crippen molar-refractivity contribution in [3.05, 3.63) is 46.5 Å². The Morgan fingerprint density at radius 1 is 1.21 bits per heavy atom. The zero-order chi connectivity index (χ0) is 27.8. The van der Waals surface area contributed by atoms with E-state index in [-0.39, 0.29) is 30.5 Å². The number of amides is 2. The number of benzene rings is 1. The van der Waals surface area contributed by atoms with E-state index in [0.717, 1.165) is 11.1 Å². The largest absolute Gasteiger partial charge is 0.495 e. The predicted molar refractivity (Wildman–Crippen MR) is 147 cm³/mol. The van der Waals surface area contributed by atoms with E-state index in [1.165, 1.54) is 0 Å². The van der Waals surface area contributed by atoms with Crippen LogP contribution in [-0.4, -0.2) is 62.7 Å². The zero-order valence-corrected chi connectivity index (χ0v) is 24.1. The van der Waals surface area contributed by atoms with E-state index in [1.54, 1.807) is 26.2 Å². The van der Waals surface area contributed by atoms with Crippen molar-refractivity contribution < 1.29 is 28.5 Å². The molecule has 8 nitrogen and oxygen atoms in total. The van der Waals surface area contributed by atoms with Gasteiger partial charge >= 0.3 is 6.09 Å². The van der Waals surface area contributed by atoms with E-state index >= 15 is 0 Å². The number of carbonyl (C=O) groups excluding carboxylic acids is 2. The summed E-state index contributed by atoms with van der Waals surface area (Å²) in [4.78, 5) is 27.5. The average molecular weight is 547 g/mol. The minimum absolute atomic E-state index is 0.0838. The van der Waals surface area contributed by atoms with E-state index in [4.69, 9.17) is 30.5 Å². The van der Waals surface area contributed by atoms with Crippen molar-refractivity contribution in [1.82, 2.24) is 5.32 Å². The van der Waals surface area contributed by atoms with Crippen LogP contribution in [0.4, 0.5) is 10.5 Å². The average Bonchev–Trinajstić information content (AvgIpc) is 3.56. The first-order valence-electron chi connectivity index (χ1n) is 13.1. The number of alkyl carbamates (subject to hydrolysis) is 1. The van der Waals surface area contributed by atoms with Gasteiger partial charge in [-0.25, -0.2) is 4.79 Å². The third kappa shape index (κ3) is 5.72. The molecular weight excluding hydrogens is 508 g/mol. The number of hydrogen-bond acceptors (Lipinski definition) is 6. The van der Waals surface area contributed by atoms with Crippen LogP contribution >= 0.6 is 11.6 Å². The monoisotopic (exact) mass is 546 g/mol. The molecule has 2 amide bonds. The third-order valence-corrected chi connectivity index (χ3v) is 8.53. The topological polar surface area (TPSA) is 89.6 Å². The van der Waals surface area contributed by atoms with Crippen LogP contribution in [0.5, 0.6) is 5.75 Å². The number of methoxy groups -OCH3 is 2. The van der Waals surface area contributed by atoms with Crippen molar-refractivity contribution in [3.8, 4) is 5.75 Å². The number of carbonyl (C=O) groups is 2. The fraction of sp³-hybridized carbons (Fsp3) is 0.586. The molecule has 0 aliphatic carbocycles. The van der Waals surface area contributed by atoms with Crippen LogP contribution in [0.25, 0.3) is 0 Å². The quantitative estimate of drug-likeness (QED) is 0.512. The van der Waals surface area contributed by atoms with Gasteiger partial charge in [0.15, 0.2) is 0 Å². The number of hydrogen-bond donors (Lipinski definition) is 1. The fourth-order valence-corrected chi connectivity index (χ4v) is 6.04. The Bertz CT molecular complexity index is 1150. The van der Waals surface area contributed by atoms with Crippen molar-refractivity contribution in [1.29, 1.82) is 0 Å². The Hall–Kier alpha value is -2.55. The Balaban J connectivity index is 1.72. The van der Waals surface area contributed by atoms with Crippen LogP contribution in [0, 0.1) is 5.92 Å². The van der Waals surface area contributed by atoms with Crippen LogP contribution < -0.4 is 15.0 Å².